The van der Waals surface area contributed by atoms with E-state index >= 15 is 0 Å². The number of hydrogen-bond donors (Lipinski definition) is 0. The van der Waals surface area contributed by atoms with E-state index in [9.17, 15) is 4.79 Å². The number of hydrogen-bond acceptors (Lipinski definition) is 1. The molecule has 1 nitrogen and oxygen atoms in total. The molecule has 82 valence electrons. The van der Waals surface area contributed by atoms with Crippen LogP contribution in [0.25, 0.3) is 0 Å². The fraction of sp³-hybridized carbons (Fsp3) is 0.417. The van der Waals surface area contributed by atoms with E-state index < -0.39 is 0 Å². The molecule has 0 bridgehead atoms. The highest BCUT2D eigenvalue weighted by Gasteiger charge is 2.15. The minimum absolute atomic E-state index is 0.0689. The number of alkyl halides is 1. The van der Waals surface area contributed by atoms with E-state index in [0.29, 0.717) is 6.42 Å². The Labute approximate surface area is 108 Å². The van der Waals surface area contributed by atoms with Gasteiger partial charge in [0.05, 0.1) is 4.83 Å². The van der Waals surface area contributed by atoms with Crippen molar-refractivity contribution >= 4 is 37.6 Å². The van der Waals surface area contributed by atoms with Crippen molar-refractivity contribution in [3.05, 3.63) is 33.8 Å². The Hall–Kier alpha value is -0.150. The molecular weight excluding hydrogens is 320 g/mol. The van der Waals surface area contributed by atoms with Gasteiger partial charge in [0.25, 0.3) is 0 Å². The summed E-state index contributed by atoms with van der Waals surface area (Å²) in [5, 5.41) is 0. The van der Waals surface area contributed by atoms with Crippen molar-refractivity contribution in [2.75, 3.05) is 0 Å². The molecule has 0 spiro atoms. The molecule has 0 saturated heterocycles. The third kappa shape index (κ3) is 3.42. The van der Waals surface area contributed by atoms with E-state index in [1.165, 1.54) is 11.1 Å². The van der Waals surface area contributed by atoms with Gasteiger partial charge in [0, 0.05) is 10.9 Å². The quantitative estimate of drug-likeness (QED) is 0.760. The number of rotatable bonds is 4. The van der Waals surface area contributed by atoms with Crippen molar-refractivity contribution in [3.63, 3.8) is 0 Å². The maximum atomic E-state index is 11.5. The highest BCUT2D eigenvalue weighted by molar-refractivity contribution is 9.10. The number of Topliss-reactive ketones (excluding diaryl/α,β-unsaturated/α-hetero) is 1. The average molecular weight is 334 g/mol. The molecule has 1 rings (SSSR count). The van der Waals surface area contributed by atoms with E-state index in [0.717, 1.165) is 10.9 Å². The molecule has 3 heteroatoms. The zero-order valence-electron chi connectivity index (χ0n) is 8.89. The van der Waals surface area contributed by atoms with Crippen LogP contribution in [0.5, 0.6) is 0 Å². The Morgan fingerprint density at radius 2 is 2.13 bits per heavy atom. The first-order valence-electron chi connectivity index (χ1n) is 4.97. The summed E-state index contributed by atoms with van der Waals surface area (Å²) in [7, 11) is 0. The van der Waals surface area contributed by atoms with Crippen LogP contribution in [0.15, 0.2) is 22.7 Å². The fourth-order valence-electron chi connectivity index (χ4n) is 1.39. The Morgan fingerprint density at radius 3 is 2.73 bits per heavy atom. The maximum Gasteiger partial charge on any atom is 0.146 e. The first-order chi connectivity index (χ1) is 7.06. The van der Waals surface area contributed by atoms with Gasteiger partial charge in [-0.05, 0) is 24.5 Å². The van der Waals surface area contributed by atoms with E-state index in [4.69, 9.17) is 0 Å². The number of benzene rings is 1. The summed E-state index contributed by atoms with van der Waals surface area (Å²) >= 11 is 6.98. The molecule has 0 radical (unpaired) electrons. The second-order valence-electron chi connectivity index (χ2n) is 3.54. The van der Waals surface area contributed by atoms with Gasteiger partial charge in [0.2, 0.25) is 0 Å². The molecule has 1 unspecified atom stereocenters. The van der Waals surface area contributed by atoms with Gasteiger partial charge >= 0.3 is 0 Å². The van der Waals surface area contributed by atoms with Gasteiger partial charge in [-0.2, -0.15) is 0 Å². The molecule has 0 fully saturated rings. The molecule has 1 atom stereocenters. The smallest absolute Gasteiger partial charge is 0.146 e. The number of ketones is 1. The van der Waals surface area contributed by atoms with Gasteiger partial charge in [0.15, 0.2) is 0 Å². The van der Waals surface area contributed by atoms with Crippen LogP contribution in [-0.4, -0.2) is 10.6 Å². The van der Waals surface area contributed by atoms with Crippen LogP contribution in [-0.2, 0) is 11.2 Å². The SMILES string of the molecule is CCC(=O)C(Br)Cc1cccc(C)c1Br. The van der Waals surface area contributed by atoms with Crippen molar-refractivity contribution < 1.29 is 4.79 Å². The monoisotopic (exact) mass is 332 g/mol. The van der Waals surface area contributed by atoms with E-state index in [1.807, 2.05) is 19.1 Å². The topological polar surface area (TPSA) is 17.1 Å². The number of carbonyl (C=O) groups is 1. The summed E-state index contributed by atoms with van der Waals surface area (Å²) in [6.07, 6.45) is 1.33. The molecule has 0 aliphatic carbocycles. The number of aryl methyl sites for hydroxylation is 1. The van der Waals surface area contributed by atoms with Gasteiger partial charge in [-0.15, -0.1) is 0 Å². The van der Waals surface area contributed by atoms with Crippen molar-refractivity contribution in [1.82, 2.24) is 0 Å². The second kappa shape index (κ2) is 5.80. The Morgan fingerprint density at radius 1 is 1.47 bits per heavy atom. The van der Waals surface area contributed by atoms with E-state index in [-0.39, 0.29) is 10.6 Å². The van der Waals surface area contributed by atoms with Crippen molar-refractivity contribution in [2.45, 2.75) is 31.5 Å². The molecule has 0 amide bonds. The predicted octanol–water partition coefficient (Wildman–Crippen LogP) is 4.04. The highest BCUT2D eigenvalue weighted by Crippen LogP contribution is 2.24. The normalized spacial score (nSPS) is 12.5. The highest BCUT2D eigenvalue weighted by atomic mass is 79.9. The van der Waals surface area contributed by atoms with Gasteiger partial charge in [-0.25, -0.2) is 0 Å². The molecule has 15 heavy (non-hydrogen) atoms. The Bertz CT molecular complexity index is 361. The summed E-state index contributed by atoms with van der Waals surface area (Å²) < 4.78 is 1.11. The lowest BCUT2D eigenvalue weighted by Gasteiger charge is -2.10. The van der Waals surface area contributed by atoms with Crippen LogP contribution < -0.4 is 0 Å². The largest absolute Gasteiger partial charge is 0.298 e. The second-order valence-corrected chi connectivity index (χ2v) is 5.44. The summed E-state index contributed by atoms with van der Waals surface area (Å²) in [6.45, 7) is 3.94. The molecule has 1 aromatic carbocycles. The third-order valence-electron chi connectivity index (χ3n) is 2.37. The van der Waals surface area contributed by atoms with Crippen LogP contribution in [0, 0.1) is 6.92 Å². The van der Waals surface area contributed by atoms with Gasteiger partial charge in [0.1, 0.15) is 5.78 Å². The van der Waals surface area contributed by atoms with E-state index in [1.54, 1.807) is 0 Å². The van der Waals surface area contributed by atoms with Crippen molar-refractivity contribution in [2.24, 2.45) is 0 Å². The predicted molar refractivity (Wildman–Crippen MR) is 70.6 cm³/mol. The zero-order chi connectivity index (χ0) is 11.4. The van der Waals surface area contributed by atoms with Crippen LogP contribution in [0.1, 0.15) is 24.5 Å². The minimum Gasteiger partial charge on any atom is -0.298 e. The van der Waals surface area contributed by atoms with Crippen LogP contribution in [0.2, 0.25) is 0 Å². The standard InChI is InChI=1S/C12H14Br2O/c1-3-11(15)10(13)7-9-6-4-5-8(2)12(9)14/h4-6,10H,3,7H2,1-2H3. The van der Waals surface area contributed by atoms with Crippen LogP contribution >= 0.6 is 31.9 Å². The van der Waals surface area contributed by atoms with Gasteiger partial charge in [-0.1, -0.05) is 57.0 Å². The van der Waals surface area contributed by atoms with Gasteiger partial charge < -0.3 is 0 Å². The summed E-state index contributed by atoms with van der Waals surface area (Å²) in [6, 6.07) is 6.12. The molecule has 0 aliphatic heterocycles. The summed E-state index contributed by atoms with van der Waals surface area (Å²) in [5.41, 5.74) is 2.38. The lowest BCUT2D eigenvalue weighted by Crippen LogP contribution is -2.15. The molecule has 0 aliphatic rings. The molecule has 0 saturated carbocycles. The molecular formula is C12H14Br2O. The third-order valence-corrected chi connectivity index (χ3v) is 4.34. The van der Waals surface area contributed by atoms with Crippen molar-refractivity contribution in [1.29, 1.82) is 0 Å². The molecule has 0 aromatic heterocycles. The molecule has 0 heterocycles. The van der Waals surface area contributed by atoms with Gasteiger partial charge in [-0.3, -0.25) is 4.79 Å². The number of carbonyl (C=O) groups excluding carboxylic acids is 1. The lowest BCUT2D eigenvalue weighted by molar-refractivity contribution is -0.118. The average Bonchev–Trinajstić information content (AvgIpc) is 2.23. The van der Waals surface area contributed by atoms with E-state index in [2.05, 4.69) is 44.8 Å². The zero-order valence-corrected chi connectivity index (χ0v) is 12.1. The first-order valence-corrected chi connectivity index (χ1v) is 6.68. The Balaban J connectivity index is 2.81. The first kappa shape index (κ1) is 12.9. The summed E-state index contributed by atoms with van der Waals surface area (Å²) in [5.74, 6) is 0.253. The molecule has 0 N–H and O–H groups in total. The van der Waals surface area contributed by atoms with Crippen LogP contribution in [0.4, 0.5) is 0 Å². The maximum absolute atomic E-state index is 11.5. The number of halogens is 2. The van der Waals surface area contributed by atoms with Crippen LogP contribution in [0.3, 0.4) is 0 Å². The minimum atomic E-state index is -0.0689. The molecule has 1 aromatic rings. The Kier molecular flexibility index (Phi) is 5.00. The lowest BCUT2D eigenvalue weighted by atomic mass is 10.0. The summed E-state index contributed by atoms with van der Waals surface area (Å²) in [4.78, 5) is 11.4. The van der Waals surface area contributed by atoms with Crippen molar-refractivity contribution in [3.8, 4) is 0 Å². The fourth-order valence-corrected chi connectivity index (χ4v) is 2.49.